The third-order valence-corrected chi connectivity index (χ3v) is 5.19. The van der Waals surface area contributed by atoms with Crippen molar-refractivity contribution in [2.24, 2.45) is 5.41 Å². The second-order valence-corrected chi connectivity index (χ2v) is 7.41. The van der Waals surface area contributed by atoms with E-state index in [9.17, 15) is 18.0 Å². The van der Waals surface area contributed by atoms with Crippen molar-refractivity contribution in [2.45, 2.75) is 38.7 Å². The number of nitrogens with one attached hydrogen (secondary N) is 1. The summed E-state index contributed by atoms with van der Waals surface area (Å²) in [6.45, 7) is 4.30. The maximum absolute atomic E-state index is 14.8. The predicted molar refractivity (Wildman–Crippen MR) is 90.5 cm³/mol. The first-order valence-electron chi connectivity index (χ1n) is 8.66. The Bertz CT molecular complexity index is 652. The molecular formula is C18H24F3N3O. The zero-order valence-electron chi connectivity index (χ0n) is 14.6. The molecule has 1 aromatic rings. The van der Waals surface area contributed by atoms with Crippen LogP contribution in [-0.4, -0.2) is 49.1 Å². The van der Waals surface area contributed by atoms with E-state index in [0.717, 1.165) is 0 Å². The van der Waals surface area contributed by atoms with Crippen molar-refractivity contribution in [3.63, 3.8) is 0 Å². The van der Waals surface area contributed by atoms with Crippen LogP contribution in [0.1, 0.15) is 26.7 Å². The van der Waals surface area contributed by atoms with Crippen LogP contribution in [0, 0.1) is 11.2 Å². The highest BCUT2D eigenvalue weighted by atomic mass is 19.3. The summed E-state index contributed by atoms with van der Waals surface area (Å²) in [5.74, 6) is -3.23. The van der Waals surface area contributed by atoms with Gasteiger partial charge in [-0.05, 0) is 38.5 Å². The molecule has 2 fully saturated rings. The average molecular weight is 355 g/mol. The minimum atomic E-state index is -2.84. The number of anilines is 1. The molecule has 138 valence electrons. The smallest absolute Gasteiger partial charge is 0.317 e. The number of carbonyl (C=O) groups excluding carboxylic acids is 1. The number of piperidine rings is 1. The Morgan fingerprint density at radius 3 is 2.64 bits per heavy atom. The molecule has 1 spiro atoms. The summed E-state index contributed by atoms with van der Waals surface area (Å²) in [5.41, 5.74) is -0.678. The molecule has 2 amide bonds. The number of hydrogen-bond donors (Lipinski definition) is 1. The van der Waals surface area contributed by atoms with Crippen LogP contribution < -0.4 is 10.2 Å². The van der Waals surface area contributed by atoms with Gasteiger partial charge >= 0.3 is 6.03 Å². The fraction of sp³-hybridized carbons (Fsp3) is 0.611. The normalized spacial score (nSPS) is 25.7. The fourth-order valence-corrected chi connectivity index (χ4v) is 3.81. The molecule has 3 rings (SSSR count). The van der Waals surface area contributed by atoms with Crippen LogP contribution in [0.2, 0.25) is 0 Å². The lowest BCUT2D eigenvalue weighted by molar-refractivity contribution is -0.149. The number of carbonyl (C=O) groups is 1. The molecule has 25 heavy (non-hydrogen) atoms. The summed E-state index contributed by atoms with van der Waals surface area (Å²) >= 11 is 0. The van der Waals surface area contributed by atoms with Crippen LogP contribution in [0.5, 0.6) is 0 Å². The summed E-state index contributed by atoms with van der Waals surface area (Å²) in [6.07, 6.45) is -0.0581. The number of likely N-dealkylation sites (tertiary alicyclic amines) is 1. The maximum Gasteiger partial charge on any atom is 0.317 e. The number of hydrogen-bond acceptors (Lipinski definition) is 2. The first kappa shape index (κ1) is 17.9. The molecule has 1 unspecified atom stereocenters. The molecule has 1 atom stereocenters. The van der Waals surface area contributed by atoms with Gasteiger partial charge in [0.2, 0.25) is 0 Å². The van der Waals surface area contributed by atoms with Gasteiger partial charge in [0.15, 0.2) is 0 Å². The second kappa shape index (κ2) is 6.42. The molecule has 1 aromatic carbocycles. The number of halogens is 3. The third kappa shape index (κ3) is 3.41. The SMILES string of the molecule is CC(C)NC(=O)N1CCC(F)(F)C2(CCN(c3cccc(F)c3)C2)C1. The van der Waals surface area contributed by atoms with Gasteiger partial charge in [0.1, 0.15) is 5.82 Å². The van der Waals surface area contributed by atoms with Crippen LogP contribution in [-0.2, 0) is 0 Å². The van der Waals surface area contributed by atoms with Crippen LogP contribution in [0.15, 0.2) is 24.3 Å². The van der Waals surface area contributed by atoms with Crippen LogP contribution in [0.3, 0.4) is 0 Å². The van der Waals surface area contributed by atoms with Gasteiger partial charge in [-0.25, -0.2) is 18.0 Å². The van der Waals surface area contributed by atoms with E-state index in [-0.39, 0.29) is 50.4 Å². The second-order valence-electron chi connectivity index (χ2n) is 7.41. The Kier molecular flexibility index (Phi) is 4.60. The number of benzene rings is 1. The van der Waals surface area contributed by atoms with E-state index in [1.807, 2.05) is 13.8 Å². The van der Waals surface area contributed by atoms with Gasteiger partial charge in [-0.3, -0.25) is 0 Å². The number of rotatable bonds is 2. The number of urea groups is 1. The minimum absolute atomic E-state index is 0.0182. The van der Waals surface area contributed by atoms with Gasteiger partial charge < -0.3 is 15.1 Å². The zero-order chi connectivity index (χ0) is 18.2. The highest BCUT2D eigenvalue weighted by molar-refractivity contribution is 5.74. The monoisotopic (exact) mass is 355 g/mol. The van der Waals surface area contributed by atoms with Crippen molar-refractivity contribution in [3.05, 3.63) is 30.1 Å². The molecule has 0 saturated carbocycles. The molecule has 0 bridgehead atoms. The van der Waals surface area contributed by atoms with E-state index >= 15 is 0 Å². The summed E-state index contributed by atoms with van der Waals surface area (Å²) < 4.78 is 43.0. The molecule has 0 aromatic heterocycles. The first-order chi connectivity index (χ1) is 11.7. The maximum atomic E-state index is 14.8. The molecule has 1 N–H and O–H groups in total. The quantitative estimate of drug-likeness (QED) is 0.882. The number of nitrogens with zero attached hydrogens (tertiary/aromatic N) is 2. The zero-order valence-corrected chi connectivity index (χ0v) is 14.6. The first-order valence-corrected chi connectivity index (χ1v) is 8.66. The minimum Gasteiger partial charge on any atom is -0.371 e. The molecule has 0 aliphatic carbocycles. The number of amides is 2. The largest absolute Gasteiger partial charge is 0.371 e. The van der Waals surface area contributed by atoms with Crippen LogP contribution in [0.25, 0.3) is 0 Å². The van der Waals surface area contributed by atoms with Gasteiger partial charge in [-0.2, -0.15) is 0 Å². The Morgan fingerprint density at radius 1 is 1.20 bits per heavy atom. The van der Waals surface area contributed by atoms with Gasteiger partial charge in [-0.1, -0.05) is 6.07 Å². The Balaban J connectivity index is 1.79. The van der Waals surface area contributed by atoms with E-state index in [1.165, 1.54) is 17.0 Å². The van der Waals surface area contributed by atoms with Crippen molar-refractivity contribution in [3.8, 4) is 0 Å². The summed E-state index contributed by atoms with van der Waals surface area (Å²) in [7, 11) is 0. The molecule has 2 heterocycles. The predicted octanol–water partition coefficient (Wildman–Crippen LogP) is 3.48. The highest BCUT2D eigenvalue weighted by Gasteiger charge is 2.60. The lowest BCUT2D eigenvalue weighted by Crippen LogP contribution is -2.60. The summed E-state index contributed by atoms with van der Waals surface area (Å²) in [6, 6.07) is 5.67. The van der Waals surface area contributed by atoms with E-state index in [0.29, 0.717) is 12.2 Å². The fourth-order valence-electron chi connectivity index (χ4n) is 3.81. The Labute approximate surface area is 146 Å². The molecule has 4 nitrogen and oxygen atoms in total. The van der Waals surface area contributed by atoms with Gasteiger partial charge in [0.25, 0.3) is 5.92 Å². The Hall–Kier alpha value is -1.92. The van der Waals surface area contributed by atoms with E-state index in [2.05, 4.69) is 5.32 Å². The molecule has 2 aliphatic heterocycles. The topological polar surface area (TPSA) is 35.6 Å². The third-order valence-electron chi connectivity index (χ3n) is 5.19. The van der Waals surface area contributed by atoms with E-state index < -0.39 is 11.3 Å². The van der Waals surface area contributed by atoms with Gasteiger partial charge in [0, 0.05) is 44.3 Å². The lowest BCUT2D eigenvalue weighted by atomic mass is 9.75. The molecule has 2 aliphatic rings. The molecule has 7 heteroatoms. The highest BCUT2D eigenvalue weighted by Crippen LogP contribution is 2.50. The molecule has 0 radical (unpaired) electrons. The standard InChI is InChI=1S/C18H24F3N3O/c1-13(2)22-16(25)24-9-7-18(20,21)17(12-24)6-8-23(11-17)15-5-3-4-14(19)10-15/h3-5,10,13H,6-9,11-12H2,1-2H3,(H,22,25). The van der Waals surface area contributed by atoms with Gasteiger partial charge in [0.05, 0.1) is 5.41 Å². The summed E-state index contributed by atoms with van der Waals surface area (Å²) in [4.78, 5) is 15.5. The van der Waals surface area contributed by atoms with Crippen molar-refractivity contribution in [2.75, 3.05) is 31.1 Å². The van der Waals surface area contributed by atoms with Crippen molar-refractivity contribution in [1.29, 1.82) is 0 Å². The molecule has 2 saturated heterocycles. The van der Waals surface area contributed by atoms with Crippen molar-refractivity contribution in [1.82, 2.24) is 10.2 Å². The van der Waals surface area contributed by atoms with Crippen molar-refractivity contribution >= 4 is 11.7 Å². The Morgan fingerprint density at radius 2 is 1.96 bits per heavy atom. The van der Waals surface area contributed by atoms with E-state index in [1.54, 1.807) is 17.0 Å². The molecular weight excluding hydrogens is 331 g/mol. The summed E-state index contributed by atoms with van der Waals surface area (Å²) in [5, 5.41) is 2.78. The average Bonchev–Trinajstić information content (AvgIpc) is 2.95. The van der Waals surface area contributed by atoms with E-state index in [4.69, 9.17) is 0 Å². The number of alkyl halides is 2. The van der Waals surface area contributed by atoms with Crippen molar-refractivity contribution < 1.29 is 18.0 Å². The van der Waals surface area contributed by atoms with Crippen LogP contribution >= 0.6 is 0 Å². The lowest BCUT2D eigenvalue weighted by Gasteiger charge is -2.46. The van der Waals surface area contributed by atoms with Gasteiger partial charge in [-0.15, -0.1) is 0 Å². The van der Waals surface area contributed by atoms with Crippen LogP contribution in [0.4, 0.5) is 23.7 Å².